The molecule has 0 spiro atoms. The maximum absolute atomic E-state index is 12.3. The summed E-state index contributed by atoms with van der Waals surface area (Å²) in [4.78, 5) is 16.3. The highest BCUT2D eigenvalue weighted by atomic mass is 16.2. The zero-order valence-electron chi connectivity index (χ0n) is 13.3. The summed E-state index contributed by atoms with van der Waals surface area (Å²) in [7, 11) is 0. The number of aromatic nitrogens is 1. The molecule has 1 saturated carbocycles. The van der Waals surface area contributed by atoms with E-state index in [0.717, 1.165) is 32.1 Å². The Balaban J connectivity index is 0.000000956. The largest absolute Gasteiger partial charge is 0.346 e. The second-order valence-electron chi connectivity index (χ2n) is 5.20. The lowest BCUT2D eigenvalue weighted by Gasteiger charge is -2.21. The van der Waals surface area contributed by atoms with Crippen molar-refractivity contribution >= 4 is 5.91 Å². The number of hydrogen-bond donors (Lipinski definition) is 1. The molecule has 1 aromatic heterocycles. The zero-order chi connectivity index (χ0) is 15.0. The van der Waals surface area contributed by atoms with Crippen LogP contribution in [0.3, 0.4) is 0 Å². The van der Waals surface area contributed by atoms with E-state index >= 15 is 0 Å². The molecule has 1 heterocycles. The van der Waals surface area contributed by atoms with E-state index in [0.29, 0.717) is 0 Å². The predicted molar refractivity (Wildman–Crippen MR) is 83.3 cm³/mol. The van der Waals surface area contributed by atoms with E-state index in [1.165, 1.54) is 5.56 Å². The first-order valence-electron chi connectivity index (χ1n) is 7.94. The van der Waals surface area contributed by atoms with E-state index in [4.69, 9.17) is 0 Å². The molecule has 0 bridgehead atoms. The Kier molecular flexibility index (Phi) is 6.69. The third-order valence-electron chi connectivity index (χ3n) is 3.85. The van der Waals surface area contributed by atoms with Gasteiger partial charge in [-0.05, 0) is 43.4 Å². The Morgan fingerprint density at radius 3 is 2.35 bits per heavy atom. The van der Waals surface area contributed by atoms with Gasteiger partial charge in [-0.15, -0.1) is 0 Å². The molecule has 1 aliphatic rings. The van der Waals surface area contributed by atoms with E-state index in [-0.39, 0.29) is 17.4 Å². The van der Waals surface area contributed by atoms with Crippen molar-refractivity contribution in [2.75, 3.05) is 0 Å². The van der Waals surface area contributed by atoms with Crippen LogP contribution in [0, 0.1) is 5.92 Å². The van der Waals surface area contributed by atoms with Gasteiger partial charge in [-0.3, -0.25) is 9.78 Å². The highest BCUT2D eigenvalue weighted by molar-refractivity contribution is 5.80. The third-order valence-corrected chi connectivity index (χ3v) is 3.85. The lowest BCUT2D eigenvalue weighted by Crippen LogP contribution is -2.38. The van der Waals surface area contributed by atoms with Gasteiger partial charge in [0.05, 0.1) is 5.54 Å². The Morgan fingerprint density at radius 2 is 1.90 bits per heavy atom. The van der Waals surface area contributed by atoms with Crippen molar-refractivity contribution in [2.24, 2.45) is 5.92 Å². The molecule has 3 heteroatoms. The standard InChI is InChI=1S/C15H22N2O.C2H6/c1-3-5-12(4-2)14(18)17-15(8-9-15)13-6-10-16-11-7-13;1-2/h6-7,10-12H,3-5,8-9H2,1-2H3,(H,17,18);1-2H3. The molecule has 0 aromatic carbocycles. The molecular weight excluding hydrogens is 248 g/mol. The molecule has 2 rings (SSSR count). The van der Waals surface area contributed by atoms with Crippen molar-refractivity contribution in [3.63, 3.8) is 0 Å². The molecule has 1 aliphatic carbocycles. The minimum atomic E-state index is -0.0960. The van der Waals surface area contributed by atoms with Crippen molar-refractivity contribution in [1.29, 1.82) is 0 Å². The molecule has 0 aliphatic heterocycles. The molecule has 0 radical (unpaired) electrons. The van der Waals surface area contributed by atoms with Crippen molar-refractivity contribution in [3.8, 4) is 0 Å². The minimum absolute atomic E-state index is 0.0960. The number of pyridine rings is 1. The van der Waals surface area contributed by atoms with Gasteiger partial charge < -0.3 is 5.32 Å². The van der Waals surface area contributed by atoms with Crippen molar-refractivity contribution in [2.45, 2.75) is 65.3 Å². The van der Waals surface area contributed by atoms with E-state index in [1.807, 2.05) is 26.0 Å². The van der Waals surface area contributed by atoms with Gasteiger partial charge in [0, 0.05) is 18.3 Å². The summed E-state index contributed by atoms with van der Waals surface area (Å²) in [6.07, 6.45) is 8.65. The first-order valence-corrected chi connectivity index (χ1v) is 7.94. The molecular formula is C17H28N2O. The molecule has 1 N–H and O–H groups in total. The van der Waals surface area contributed by atoms with E-state index in [2.05, 4.69) is 24.1 Å². The summed E-state index contributed by atoms with van der Waals surface area (Å²) in [5, 5.41) is 3.25. The first kappa shape index (κ1) is 16.7. The van der Waals surface area contributed by atoms with Crippen LogP contribution in [0.5, 0.6) is 0 Å². The Hall–Kier alpha value is -1.38. The summed E-state index contributed by atoms with van der Waals surface area (Å²) >= 11 is 0. The van der Waals surface area contributed by atoms with Crippen LogP contribution in [0.25, 0.3) is 0 Å². The normalized spacial score (nSPS) is 16.6. The highest BCUT2D eigenvalue weighted by Gasteiger charge is 2.46. The molecule has 3 nitrogen and oxygen atoms in total. The Morgan fingerprint density at radius 1 is 1.30 bits per heavy atom. The molecule has 1 amide bonds. The van der Waals surface area contributed by atoms with Gasteiger partial charge in [0.25, 0.3) is 0 Å². The van der Waals surface area contributed by atoms with Crippen LogP contribution < -0.4 is 5.32 Å². The van der Waals surface area contributed by atoms with Crippen LogP contribution in [-0.4, -0.2) is 10.9 Å². The summed E-state index contributed by atoms with van der Waals surface area (Å²) < 4.78 is 0. The number of rotatable bonds is 6. The molecule has 1 atom stereocenters. The fourth-order valence-corrected chi connectivity index (χ4v) is 2.49. The SMILES string of the molecule is CC.CCCC(CC)C(=O)NC1(c2ccncc2)CC1. The summed E-state index contributed by atoms with van der Waals surface area (Å²) in [6, 6.07) is 4.02. The number of hydrogen-bond acceptors (Lipinski definition) is 2. The Bertz CT molecular complexity index is 399. The first-order chi connectivity index (χ1) is 9.72. The van der Waals surface area contributed by atoms with Gasteiger partial charge in [0.1, 0.15) is 0 Å². The number of carbonyl (C=O) groups is 1. The monoisotopic (exact) mass is 276 g/mol. The average Bonchev–Trinajstić information content (AvgIpc) is 3.28. The quantitative estimate of drug-likeness (QED) is 0.852. The van der Waals surface area contributed by atoms with Gasteiger partial charge in [-0.1, -0.05) is 34.1 Å². The van der Waals surface area contributed by atoms with Gasteiger partial charge in [-0.2, -0.15) is 0 Å². The number of amides is 1. The van der Waals surface area contributed by atoms with Crippen LogP contribution in [-0.2, 0) is 10.3 Å². The van der Waals surface area contributed by atoms with Crippen LogP contribution in [0.1, 0.15) is 65.4 Å². The van der Waals surface area contributed by atoms with Crippen LogP contribution >= 0.6 is 0 Å². The second-order valence-corrected chi connectivity index (χ2v) is 5.20. The maximum Gasteiger partial charge on any atom is 0.223 e. The molecule has 112 valence electrons. The average molecular weight is 276 g/mol. The zero-order valence-corrected chi connectivity index (χ0v) is 13.3. The summed E-state index contributed by atoms with van der Waals surface area (Å²) in [5.74, 6) is 0.378. The van der Waals surface area contributed by atoms with Crippen LogP contribution in [0.2, 0.25) is 0 Å². The van der Waals surface area contributed by atoms with Crippen LogP contribution in [0.15, 0.2) is 24.5 Å². The molecule has 1 unspecified atom stereocenters. The summed E-state index contributed by atoms with van der Waals surface area (Å²) in [6.45, 7) is 8.22. The molecule has 1 aromatic rings. The van der Waals surface area contributed by atoms with Crippen LogP contribution in [0.4, 0.5) is 0 Å². The summed E-state index contributed by atoms with van der Waals surface area (Å²) in [5.41, 5.74) is 1.10. The fourth-order valence-electron chi connectivity index (χ4n) is 2.49. The van der Waals surface area contributed by atoms with Gasteiger partial charge in [0.2, 0.25) is 5.91 Å². The van der Waals surface area contributed by atoms with E-state index in [1.54, 1.807) is 12.4 Å². The number of nitrogens with zero attached hydrogens (tertiary/aromatic N) is 1. The van der Waals surface area contributed by atoms with Gasteiger partial charge in [-0.25, -0.2) is 0 Å². The fraction of sp³-hybridized carbons (Fsp3) is 0.647. The highest BCUT2D eigenvalue weighted by Crippen LogP contribution is 2.45. The molecule has 20 heavy (non-hydrogen) atoms. The van der Waals surface area contributed by atoms with Crippen molar-refractivity contribution in [1.82, 2.24) is 10.3 Å². The molecule has 1 fully saturated rings. The van der Waals surface area contributed by atoms with Gasteiger partial charge in [0.15, 0.2) is 0 Å². The third kappa shape index (κ3) is 4.06. The minimum Gasteiger partial charge on any atom is -0.346 e. The second kappa shape index (κ2) is 8.03. The predicted octanol–water partition coefficient (Wildman–Crippen LogP) is 4.04. The lowest BCUT2D eigenvalue weighted by atomic mass is 9.98. The number of nitrogens with one attached hydrogen (secondary N) is 1. The van der Waals surface area contributed by atoms with E-state index in [9.17, 15) is 4.79 Å². The molecule has 0 saturated heterocycles. The lowest BCUT2D eigenvalue weighted by molar-refractivity contribution is -0.126. The smallest absolute Gasteiger partial charge is 0.223 e. The van der Waals surface area contributed by atoms with Gasteiger partial charge >= 0.3 is 0 Å². The van der Waals surface area contributed by atoms with Crippen molar-refractivity contribution < 1.29 is 4.79 Å². The number of carbonyl (C=O) groups excluding carboxylic acids is 1. The maximum atomic E-state index is 12.3. The Labute approximate surface area is 123 Å². The van der Waals surface area contributed by atoms with E-state index < -0.39 is 0 Å². The topological polar surface area (TPSA) is 42.0 Å². The van der Waals surface area contributed by atoms with Crippen molar-refractivity contribution in [3.05, 3.63) is 30.1 Å².